The van der Waals surface area contributed by atoms with Crippen LogP contribution in [0.1, 0.15) is 52.9 Å². The van der Waals surface area contributed by atoms with E-state index in [9.17, 15) is 9.59 Å². The third-order valence-electron chi connectivity index (χ3n) is 2.45. The van der Waals surface area contributed by atoms with Gasteiger partial charge in [-0.25, -0.2) is 0 Å². The summed E-state index contributed by atoms with van der Waals surface area (Å²) < 4.78 is 9.65. The molecule has 0 aliphatic rings. The van der Waals surface area contributed by atoms with E-state index in [0.717, 1.165) is 12.8 Å². The molecule has 4 nitrogen and oxygen atoms in total. The van der Waals surface area contributed by atoms with Gasteiger partial charge in [0.2, 0.25) is 5.92 Å². The first-order valence-corrected chi connectivity index (χ1v) is 6.98. The second-order valence-corrected chi connectivity index (χ2v) is 4.07. The van der Waals surface area contributed by atoms with E-state index < -0.39 is 17.9 Å². The minimum atomic E-state index is -1.11. The lowest BCUT2D eigenvalue weighted by molar-refractivity contribution is -0.158. The molecular weight excluding hydrogens is 244 g/mol. The third kappa shape index (κ3) is 8.25. The van der Waals surface area contributed by atoms with Gasteiger partial charge in [-0.05, 0) is 20.3 Å². The maximum absolute atomic E-state index is 11.6. The molecule has 0 saturated heterocycles. The molecule has 0 aromatic heterocycles. The zero-order valence-corrected chi connectivity index (χ0v) is 12.2. The molecular formula is C15H24O4. The normalized spacial score (nSPS) is 9.68. The summed E-state index contributed by atoms with van der Waals surface area (Å²) in [7, 11) is 0. The van der Waals surface area contributed by atoms with Crippen LogP contribution in [0, 0.1) is 17.8 Å². The van der Waals surface area contributed by atoms with Crippen molar-refractivity contribution < 1.29 is 19.1 Å². The van der Waals surface area contributed by atoms with Gasteiger partial charge < -0.3 is 9.47 Å². The molecule has 0 saturated carbocycles. The first kappa shape index (κ1) is 17.5. The topological polar surface area (TPSA) is 52.6 Å². The van der Waals surface area contributed by atoms with E-state index in [0.29, 0.717) is 6.42 Å². The number of carbonyl (C=O) groups is 2. The van der Waals surface area contributed by atoms with E-state index in [1.807, 2.05) is 0 Å². The van der Waals surface area contributed by atoms with Crippen LogP contribution < -0.4 is 0 Å². The molecule has 4 heteroatoms. The number of esters is 2. The summed E-state index contributed by atoms with van der Waals surface area (Å²) in [5.74, 6) is 3.19. The van der Waals surface area contributed by atoms with Gasteiger partial charge in [0, 0.05) is 6.42 Å². The predicted molar refractivity (Wildman–Crippen MR) is 73.3 cm³/mol. The van der Waals surface area contributed by atoms with Crippen LogP contribution in [-0.4, -0.2) is 25.2 Å². The Kier molecular flexibility index (Phi) is 10.7. The van der Waals surface area contributed by atoms with Crippen molar-refractivity contribution in [1.29, 1.82) is 0 Å². The molecule has 0 atom stereocenters. The standard InChI is InChI=1S/C15H24O4/c1-4-7-8-9-10-11-12-13(14(16)18-5-2)15(17)19-6-3/h13H,4-10H2,1-3H3. The SMILES string of the molecule is CCCCCCC#CC(C(=O)OCC)C(=O)OCC. The minimum Gasteiger partial charge on any atom is -0.465 e. The molecule has 0 spiro atoms. The third-order valence-corrected chi connectivity index (χ3v) is 2.45. The fourth-order valence-electron chi connectivity index (χ4n) is 1.48. The summed E-state index contributed by atoms with van der Waals surface area (Å²) in [5.41, 5.74) is 0. The second-order valence-electron chi connectivity index (χ2n) is 4.07. The van der Waals surface area contributed by atoms with Crippen molar-refractivity contribution in [3.8, 4) is 11.8 Å². The highest BCUT2D eigenvalue weighted by molar-refractivity contribution is 5.98. The zero-order valence-electron chi connectivity index (χ0n) is 12.2. The van der Waals surface area contributed by atoms with Crippen LogP contribution in [0.3, 0.4) is 0 Å². The van der Waals surface area contributed by atoms with Gasteiger partial charge >= 0.3 is 11.9 Å². The minimum absolute atomic E-state index is 0.229. The Bertz CT molecular complexity index is 307. The molecule has 0 aliphatic carbocycles. The molecule has 108 valence electrons. The summed E-state index contributed by atoms with van der Waals surface area (Å²) in [6.45, 7) is 5.99. The summed E-state index contributed by atoms with van der Waals surface area (Å²) in [6, 6.07) is 0. The number of ether oxygens (including phenoxy) is 2. The molecule has 19 heavy (non-hydrogen) atoms. The molecule has 0 aromatic rings. The number of unbranched alkanes of at least 4 members (excludes halogenated alkanes) is 4. The number of hydrogen-bond acceptors (Lipinski definition) is 4. The summed E-state index contributed by atoms with van der Waals surface area (Å²) >= 11 is 0. The fraction of sp³-hybridized carbons (Fsp3) is 0.733. The molecule has 0 rings (SSSR count). The monoisotopic (exact) mass is 268 g/mol. The highest BCUT2D eigenvalue weighted by Gasteiger charge is 2.27. The average molecular weight is 268 g/mol. The highest BCUT2D eigenvalue weighted by Crippen LogP contribution is 2.05. The lowest BCUT2D eigenvalue weighted by Crippen LogP contribution is -2.26. The first-order valence-electron chi connectivity index (χ1n) is 6.98. The zero-order chi connectivity index (χ0) is 14.5. The van der Waals surface area contributed by atoms with Gasteiger partial charge in [-0.3, -0.25) is 9.59 Å². The first-order chi connectivity index (χ1) is 9.17. The van der Waals surface area contributed by atoms with Crippen LogP contribution in [-0.2, 0) is 19.1 Å². The molecule has 0 fully saturated rings. The van der Waals surface area contributed by atoms with Crippen molar-refractivity contribution >= 4 is 11.9 Å². The molecule has 0 N–H and O–H groups in total. The van der Waals surface area contributed by atoms with Crippen LogP contribution >= 0.6 is 0 Å². The van der Waals surface area contributed by atoms with Gasteiger partial charge in [-0.1, -0.05) is 32.1 Å². The van der Waals surface area contributed by atoms with E-state index in [-0.39, 0.29) is 13.2 Å². The lowest BCUT2D eigenvalue weighted by atomic mass is 10.1. The predicted octanol–water partition coefficient (Wildman–Crippen LogP) is 2.70. The summed E-state index contributed by atoms with van der Waals surface area (Å²) in [6.07, 6.45) is 5.14. The Morgan fingerprint density at radius 1 is 0.947 bits per heavy atom. The molecule has 0 aromatic carbocycles. The van der Waals surface area contributed by atoms with Crippen LogP contribution in [0.2, 0.25) is 0 Å². The number of carbonyl (C=O) groups excluding carboxylic acids is 2. The molecule has 0 bridgehead atoms. The Morgan fingerprint density at radius 3 is 2.00 bits per heavy atom. The van der Waals surface area contributed by atoms with E-state index >= 15 is 0 Å². The van der Waals surface area contributed by atoms with E-state index in [2.05, 4.69) is 18.8 Å². The van der Waals surface area contributed by atoms with Crippen LogP contribution in [0.5, 0.6) is 0 Å². The lowest BCUT2D eigenvalue weighted by Gasteiger charge is -2.08. The van der Waals surface area contributed by atoms with Gasteiger partial charge in [-0.2, -0.15) is 0 Å². The molecule has 0 heterocycles. The Hall–Kier alpha value is -1.50. The van der Waals surface area contributed by atoms with Crippen molar-refractivity contribution in [3.63, 3.8) is 0 Å². The quantitative estimate of drug-likeness (QED) is 0.294. The van der Waals surface area contributed by atoms with Crippen molar-refractivity contribution in [3.05, 3.63) is 0 Å². The Labute approximate surface area is 115 Å². The summed E-state index contributed by atoms with van der Waals surface area (Å²) in [4.78, 5) is 23.2. The van der Waals surface area contributed by atoms with Gasteiger partial charge in [0.25, 0.3) is 0 Å². The smallest absolute Gasteiger partial charge is 0.332 e. The largest absolute Gasteiger partial charge is 0.465 e. The maximum atomic E-state index is 11.6. The number of hydrogen-bond donors (Lipinski definition) is 0. The van der Waals surface area contributed by atoms with E-state index in [4.69, 9.17) is 9.47 Å². The van der Waals surface area contributed by atoms with Crippen molar-refractivity contribution in [2.24, 2.45) is 5.92 Å². The van der Waals surface area contributed by atoms with E-state index in [1.54, 1.807) is 13.8 Å². The van der Waals surface area contributed by atoms with Gasteiger partial charge in [0.1, 0.15) is 0 Å². The molecule has 0 unspecified atom stereocenters. The van der Waals surface area contributed by atoms with Crippen molar-refractivity contribution in [1.82, 2.24) is 0 Å². The van der Waals surface area contributed by atoms with Gasteiger partial charge in [-0.15, -0.1) is 5.92 Å². The van der Waals surface area contributed by atoms with Crippen molar-refractivity contribution in [2.45, 2.75) is 52.9 Å². The average Bonchev–Trinajstić information content (AvgIpc) is 2.38. The summed E-state index contributed by atoms with van der Waals surface area (Å²) in [5, 5.41) is 0. The molecule has 0 aliphatic heterocycles. The van der Waals surface area contributed by atoms with E-state index in [1.165, 1.54) is 12.8 Å². The molecule has 0 radical (unpaired) electrons. The number of rotatable bonds is 8. The Balaban J connectivity index is 4.37. The van der Waals surface area contributed by atoms with Crippen LogP contribution in [0.25, 0.3) is 0 Å². The van der Waals surface area contributed by atoms with Gasteiger partial charge in [0.15, 0.2) is 0 Å². The second kappa shape index (κ2) is 11.6. The highest BCUT2D eigenvalue weighted by atomic mass is 16.6. The Morgan fingerprint density at radius 2 is 1.53 bits per heavy atom. The van der Waals surface area contributed by atoms with Crippen LogP contribution in [0.4, 0.5) is 0 Å². The fourth-order valence-corrected chi connectivity index (χ4v) is 1.48. The molecule has 0 amide bonds. The van der Waals surface area contributed by atoms with Crippen LogP contribution in [0.15, 0.2) is 0 Å². The maximum Gasteiger partial charge on any atom is 0.332 e. The van der Waals surface area contributed by atoms with Gasteiger partial charge in [0.05, 0.1) is 13.2 Å². The van der Waals surface area contributed by atoms with Crippen molar-refractivity contribution in [2.75, 3.05) is 13.2 Å².